The molecule has 1 amide bonds. The molecule has 2 rings (SSSR count). The van der Waals surface area contributed by atoms with Crippen LogP contribution in [0.4, 0.5) is 9.39 Å². The third-order valence-corrected chi connectivity index (χ3v) is 4.35. The highest BCUT2D eigenvalue weighted by atomic mass is 32.1. The maximum atomic E-state index is 12.8. The van der Waals surface area contributed by atoms with E-state index in [0.29, 0.717) is 11.1 Å². The number of halogens is 1. The summed E-state index contributed by atoms with van der Waals surface area (Å²) in [5.74, 6) is -1.38. The Labute approximate surface area is 142 Å². The molecule has 7 heteroatoms. The van der Waals surface area contributed by atoms with Crippen LogP contribution in [0.25, 0.3) is 6.08 Å². The molecule has 0 saturated carbocycles. The predicted molar refractivity (Wildman–Crippen MR) is 89.2 cm³/mol. The summed E-state index contributed by atoms with van der Waals surface area (Å²) in [5.41, 5.74) is 1.35. The lowest BCUT2D eigenvalue weighted by Crippen LogP contribution is -2.07. The van der Waals surface area contributed by atoms with E-state index in [1.807, 2.05) is 6.07 Å². The Balaban J connectivity index is 2.18. The number of nitrogens with zero attached hydrogens (tertiary/aromatic N) is 1. The van der Waals surface area contributed by atoms with E-state index < -0.39 is 11.9 Å². The van der Waals surface area contributed by atoms with E-state index in [1.54, 1.807) is 6.92 Å². The van der Waals surface area contributed by atoms with Crippen LogP contribution in [-0.2, 0) is 9.53 Å². The molecular formula is C17H13FN2O3S. The van der Waals surface area contributed by atoms with Gasteiger partial charge in [-0.2, -0.15) is 5.26 Å². The molecule has 0 aliphatic rings. The SMILES string of the molecule is COC(=O)c1sc(NC(=O)C=Cc2ccc(F)cc2)c(C#N)c1C. The number of ether oxygens (including phenoxy) is 1. The predicted octanol–water partition coefficient (Wildman–Crippen LogP) is 3.51. The van der Waals surface area contributed by atoms with Gasteiger partial charge in [0.1, 0.15) is 21.8 Å². The van der Waals surface area contributed by atoms with Gasteiger partial charge in [0.25, 0.3) is 0 Å². The second-order valence-electron chi connectivity index (χ2n) is 4.74. The number of hydrogen-bond acceptors (Lipinski definition) is 5. The van der Waals surface area contributed by atoms with Gasteiger partial charge in [-0.05, 0) is 36.3 Å². The van der Waals surface area contributed by atoms with Gasteiger partial charge in [0, 0.05) is 6.08 Å². The van der Waals surface area contributed by atoms with Crippen molar-refractivity contribution in [2.45, 2.75) is 6.92 Å². The van der Waals surface area contributed by atoms with Crippen LogP contribution in [-0.4, -0.2) is 19.0 Å². The van der Waals surface area contributed by atoms with Crippen molar-refractivity contribution in [3.63, 3.8) is 0 Å². The first-order chi connectivity index (χ1) is 11.5. The normalized spacial score (nSPS) is 10.4. The summed E-state index contributed by atoms with van der Waals surface area (Å²) in [6.45, 7) is 1.62. The summed E-state index contributed by atoms with van der Waals surface area (Å²) in [4.78, 5) is 23.9. The molecule has 2 aromatic rings. The number of anilines is 1. The molecule has 1 aromatic carbocycles. The monoisotopic (exact) mass is 344 g/mol. The first kappa shape index (κ1) is 17.4. The molecule has 0 aliphatic heterocycles. The summed E-state index contributed by atoms with van der Waals surface area (Å²) in [7, 11) is 1.25. The van der Waals surface area contributed by atoms with Crippen molar-refractivity contribution in [1.82, 2.24) is 0 Å². The molecule has 0 atom stereocenters. The Morgan fingerprint density at radius 1 is 1.33 bits per heavy atom. The topological polar surface area (TPSA) is 79.2 Å². The molecule has 0 spiro atoms. The summed E-state index contributed by atoms with van der Waals surface area (Å²) < 4.78 is 17.5. The molecule has 0 saturated heterocycles. The Hall–Kier alpha value is -2.98. The summed E-state index contributed by atoms with van der Waals surface area (Å²) in [6, 6.07) is 7.61. The number of nitriles is 1. The van der Waals surface area contributed by atoms with Crippen LogP contribution >= 0.6 is 11.3 Å². The Morgan fingerprint density at radius 3 is 2.58 bits per heavy atom. The lowest BCUT2D eigenvalue weighted by Gasteiger charge is -1.99. The fourth-order valence-corrected chi connectivity index (χ4v) is 3.00. The van der Waals surface area contributed by atoms with Gasteiger partial charge in [0.05, 0.1) is 12.7 Å². The molecule has 0 unspecified atom stereocenters. The second-order valence-corrected chi connectivity index (χ2v) is 5.76. The molecule has 1 aromatic heterocycles. The molecule has 122 valence electrons. The van der Waals surface area contributed by atoms with Gasteiger partial charge in [-0.25, -0.2) is 9.18 Å². The van der Waals surface area contributed by atoms with Crippen LogP contribution in [0, 0.1) is 24.1 Å². The minimum Gasteiger partial charge on any atom is -0.465 e. The number of carbonyl (C=O) groups excluding carboxylic acids is 2. The quantitative estimate of drug-likeness (QED) is 0.680. The van der Waals surface area contributed by atoms with Gasteiger partial charge in [0.15, 0.2) is 0 Å². The van der Waals surface area contributed by atoms with Crippen LogP contribution in [0.3, 0.4) is 0 Å². The number of rotatable bonds is 4. The van der Waals surface area contributed by atoms with Crippen LogP contribution in [0.15, 0.2) is 30.3 Å². The summed E-state index contributed by atoms with van der Waals surface area (Å²) in [6.07, 6.45) is 2.78. The molecule has 0 radical (unpaired) electrons. The Bertz CT molecular complexity index is 848. The summed E-state index contributed by atoms with van der Waals surface area (Å²) in [5, 5.41) is 12.1. The van der Waals surface area contributed by atoms with Gasteiger partial charge in [-0.3, -0.25) is 4.79 Å². The van der Waals surface area contributed by atoms with E-state index in [-0.39, 0.29) is 21.3 Å². The van der Waals surface area contributed by atoms with Crippen LogP contribution in [0.2, 0.25) is 0 Å². The average Bonchev–Trinajstić information content (AvgIpc) is 2.89. The van der Waals surface area contributed by atoms with Crippen molar-refractivity contribution in [3.8, 4) is 6.07 Å². The minimum absolute atomic E-state index is 0.226. The molecular weight excluding hydrogens is 331 g/mol. The molecule has 1 N–H and O–H groups in total. The number of carbonyl (C=O) groups is 2. The molecule has 0 aliphatic carbocycles. The van der Waals surface area contributed by atoms with Gasteiger partial charge in [-0.15, -0.1) is 11.3 Å². The minimum atomic E-state index is -0.559. The third kappa shape index (κ3) is 3.86. The maximum Gasteiger partial charge on any atom is 0.348 e. The first-order valence-electron chi connectivity index (χ1n) is 6.82. The lowest BCUT2D eigenvalue weighted by molar-refractivity contribution is -0.111. The average molecular weight is 344 g/mol. The van der Waals surface area contributed by atoms with E-state index in [4.69, 9.17) is 0 Å². The fraction of sp³-hybridized carbons (Fsp3) is 0.118. The highest BCUT2D eigenvalue weighted by Crippen LogP contribution is 2.32. The molecule has 0 fully saturated rings. The van der Waals surface area contributed by atoms with Crippen LogP contribution < -0.4 is 5.32 Å². The first-order valence-corrected chi connectivity index (χ1v) is 7.64. The van der Waals surface area contributed by atoms with Crippen LogP contribution in [0.5, 0.6) is 0 Å². The van der Waals surface area contributed by atoms with Crippen LogP contribution in [0.1, 0.15) is 26.4 Å². The highest BCUT2D eigenvalue weighted by Gasteiger charge is 2.21. The van der Waals surface area contributed by atoms with Crippen molar-refractivity contribution in [2.24, 2.45) is 0 Å². The number of hydrogen-bond donors (Lipinski definition) is 1. The number of esters is 1. The van der Waals surface area contributed by atoms with Gasteiger partial charge in [-0.1, -0.05) is 12.1 Å². The Kier molecular flexibility index (Phi) is 5.45. The standard InChI is InChI=1S/C17H13FN2O3S/c1-10-13(9-19)16(24-15(10)17(22)23-2)20-14(21)8-5-11-3-6-12(18)7-4-11/h3-8H,1-2H3,(H,20,21). The van der Waals surface area contributed by atoms with Crippen molar-refractivity contribution in [1.29, 1.82) is 5.26 Å². The number of nitrogens with one attached hydrogen (secondary N) is 1. The van der Waals surface area contributed by atoms with E-state index >= 15 is 0 Å². The van der Waals surface area contributed by atoms with Crippen molar-refractivity contribution in [2.75, 3.05) is 12.4 Å². The molecule has 0 bridgehead atoms. The fourth-order valence-electron chi connectivity index (χ4n) is 1.92. The third-order valence-electron chi connectivity index (χ3n) is 3.16. The van der Waals surface area contributed by atoms with Gasteiger partial charge in [0.2, 0.25) is 5.91 Å². The zero-order valence-corrected chi connectivity index (χ0v) is 13.7. The Morgan fingerprint density at radius 2 is 2.00 bits per heavy atom. The van der Waals surface area contributed by atoms with Gasteiger partial charge < -0.3 is 10.1 Å². The van der Waals surface area contributed by atoms with Gasteiger partial charge >= 0.3 is 5.97 Å². The highest BCUT2D eigenvalue weighted by molar-refractivity contribution is 7.18. The second kappa shape index (κ2) is 7.53. The smallest absolute Gasteiger partial charge is 0.348 e. The zero-order chi connectivity index (χ0) is 17.7. The van der Waals surface area contributed by atoms with E-state index in [2.05, 4.69) is 10.1 Å². The number of benzene rings is 1. The number of methoxy groups -OCH3 is 1. The van der Waals surface area contributed by atoms with E-state index in [0.717, 1.165) is 11.3 Å². The lowest BCUT2D eigenvalue weighted by atomic mass is 10.1. The van der Waals surface area contributed by atoms with Crippen molar-refractivity contribution < 1.29 is 18.7 Å². The maximum absolute atomic E-state index is 12.8. The van der Waals surface area contributed by atoms with E-state index in [1.165, 1.54) is 43.5 Å². The largest absolute Gasteiger partial charge is 0.465 e. The number of thiophene rings is 1. The van der Waals surface area contributed by atoms with E-state index in [9.17, 15) is 19.2 Å². The summed E-state index contributed by atoms with van der Waals surface area (Å²) >= 11 is 0.983. The number of amides is 1. The van der Waals surface area contributed by atoms with Crippen molar-refractivity contribution in [3.05, 3.63) is 57.7 Å². The zero-order valence-electron chi connectivity index (χ0n) is 12.9. The molecule has 1 heterocycles. The molecule has 5 nitrogen and oxygen atoms in total. The molecule has 24 heavy (non-hydrogen) atoms. The van der Waals surface area contributed by atoms with Crippen molar-refractivity contribution >= 4 is 34.3 Å².